The summed E-state index contributed by atoms with van der Waals surface area (Å²) in [7, 11) is 0. The van der Waals surface area contributed by atoms with Crippen LogP contribution in [0.2, 0.25) is 0 Å². The lowest BCUT2D eigenvalue weighted by Gasteiger charge is -2.60. The monoisotopic (exact) mass is 360 g/mol. The minimum absolute atomic E-state index is 0.0913. The molecule has 0 saturated heterocycles. The Morgan fingerprint density at radius 3 is 2.62 bits per heavy atom. The maximum atomic E-state index is 12.6. The van der Waals surface area contributed by atoms with Gasteiger partial charge in [-0.2, -0.15) is 0 Å². The molecule has 4 rings (SSSR count). The van der Waals surface area contributed by atoms with E-state index in [1.54, 1.807) is 0 Å². The van der Waals surface area contributed by atoms with E-state index in [2.05, 4.69) is 13.8 Å². The van der Waals surface area contributed by atoms with Crippen molar-refractivity contribution >= 4 is 17.5 Å². The van der Waals surface area contributed by atoms with Crippen molar-refractivity contribution in [3.05, 3.63) is 0 Å². The van der Waals surface area contributed by atoms with Crippen molar-refractivity contribution in [2.24, 2.45) is 40.4 Å². The van der Waals surface area contributed by atoms with Gasteiger partial charge in [0.15, 0.2) is 0 Å². The normalized spacial score (nSPS) is 47.7. The van der Waals surface area contributed by atoms with E-state index < -0.39 is 0 Å². The molecule has 0 aromatic rings. The second-order valence-electron chi connectivity index (χ2n) is 9.95. The van der Waals surface area contributed by atoms with Gasteiger partial charge < -0.3 is 4.74 Å². The first-order valence-corrected chi connectivity index (χ1v) is 10.4. The largest absolute Gasteiger partial charge is 0.465 e. The fraction of sp³-hybridized carbons (Fsp3) is 0.864. The number of hydrogen-bond acceptors (Lipinski definition) is 4. The molecule has 0 N–H and O–H groups in total. The highest BCUT2D eigenvalue weighted by Crippen LogP contribution is 2.65. The zero-order chi connectivity index (χ0) is 18.7. The Labute approximate surface area is 156 Å². The minimum Gasteiger partial charge on any atom is -0.465 e. The molecule has 4 nitrogen and oxygen atoms in total. The topological polar surface area (TPSA) is 60.4 Å². The van der Waals surface area contributed by atoms with Crippen LogP contribution in [0.1, 0.15) is 72.1 Å². The van der Waals surface area contributed by atoms with E-state index in [4.69, 9.17) is 4.74 Å². The Balaban J connectivity index is 1.57. The lowest BCUT2D eigenvalue weighted by atomic mass is 9.44. The zero-order valence-electron chi connectivity index (χ0n) is 16.4. The molecule has 26 heavy (non-hydrogen) atoms. The Morgan fingerprint density at radius 1 is 1.12 bits per heavy atom. The number of ether oxygens (including phenoxy) is 1. The fourth-order valence-electron chi connectivity index (χ4n) is 7.38. The van der Waals surface area contributed by atoms with Crippen LogP contribution in [0.4, 0.5) is 0 Å². The van der Waals surface area contributed by atoms with Crippen molar-refractivity contribution in [1.29, 1.82) is 0 Å². The SMILES string of the molecule is CC(=O)OCC1C[C@@]2(C)C(CC[C@@H]3[C@@H]2CC[C@]2(C)C(=O)CC[C@@H]32)CC1=O. The summed E-state index contributed by atoms with van der Waals surface area (Å²) in [6, 6.07) is 0. The molecule has 4 aliphatic carbocycles. The summed E-state index contributed by atoms with van der Waals surface area (Å²) in [6.45, 7) is 6.26. The highest BCUT2D eigenvalue weighted by Gasteiger charge is 2.61. The van der Waals surface area contributed by atoms with Gasteiger partial charge in [0.2, 0.25) is 0 Å². The number of fused-ring (bicyclic) bond motifs is 5. The molecule has 0 heterocycles. The van der Waals surface area contributed by atoms with Crippen LogP contribution in [0.15, 0.2) is 0 Å². The lowest BCUT2D eigenvalue weighted by Crippen LogP contribution is -2.55. The molecule has 0 aromatic heterocycles. The first-order chi connectivity index (χ1) is 12.3. The van der Waals surface area contributed by atoms with Crippen LogP contribution in [-0.4, -0.2) is 24.1 Å². The van der Waals surface area contributed by atoms with Gasteiger partial charge in [-0.05, 0) is 67.6 Å². The highest BCUT2D eigenvalue weighted by atomic mass is 16.5. The Kier molecular flexibility index (Phi) is 4.32. The van der Waals surface area contributed by atoms with E-state index in [1.807, 2.05) is 0 Å². The van der Waals surface area contributed by atoms with Crippen molar-refractivity contribution in [2.75, 3.05) is 6.61 Å². The molecular weight excluding hydrogens is 328 g/mol. The van der Waals surface area contributed by atoms with Crippen molar-refractivity contribution in [2.45, 2.75) is 72.1 Å². The van der Waals surface area contributed by atoms with Gasteiger partial charge in [-0.15, -0.1) is 0 Å². The molecule has 0 aliphatic heterocycles. The number of Topliss-reactive ketones (excluding diaryl/α,β-unsaturated/α-hetero) is 2. The fourth-order valence-corrected chi connectivity index (χ4v) is 7.38. The van der Waals surface area contributed by atoms with Crippen LogP contribution in [-0.2, 0) is 19.1 Å². The third-order valence-corrected chi connectivity index (χ3v) is 8.85. The second-order valence-corrected chi connectivity index (χ2v) is 9.95. The van der Waals surface area contributed by atoms with Crippen molar-refractivity contribution in [3.63, 3.8) is 0 Å². The van der Waals surface area contributed by atoms with E-state index in [0.29, 0.717) is 35.9 Å². The summed E-state index contributed by atoms with van der Waals surface area (Å²) in [4.78, 5) is 36.3. The molecule has 4 fully saturated rings. The molecule has 7 atom stereocenters. The summed E-state index contributed by atoms with van der Waals surface area (Å²) in [5.41, 5.74) is 0.0562. The molecule has 4 heteroatoms. The van der Waals surface area contributed by atoms with Crippen LogP contribution < -0.4 is 0 Å². The first kappa shape index (κ1) is 18.2. The van der Waals surface area contributed by atoms with Crippen molar-refractivity contribution < 1.29 is 19.1 Å². The average Bonchev–Trinajstić information content (AvgIpc) is 2.89. The standard InChI is InChI=1S/C22H32O4/c1-13(23)26-12-14-11-22(3)15(10-19(14)24)4-5-16-17-6-7-20(25)21(17,2)9-8-18(16)22/h14-18H,4-12H2,1-3H3/t14?,15?,16-,17-,18-,21-,22-/m0/s1. The van der Waals surface area contributed by atoms with E-state index in [9.17, 15) is 14.4 Å². The molecule has 0 spiro atoms. The molecule has 4 aliphatic rings. The van der Waals surface area contributed by atoms with Crippen molar-refractivity contribution in [3.8, 4) is 0 Å². The van der Waals surface area contributed by atoms with Gasteiger partial charge in [0.25, 0.3) is 0 Å². The lowest BCUT2D eigenvalue weighted by molar-refractivity contribution is -0.156. The van der Waals surface area contributed by atoms with Gasteiger partial charge in [-0.1, -0.05) is 13.8 Å². The van der Waals surface area contributed by atoms with E-state index in [1.165, 1.54) is 13.3 Å². The Hall–Kier alpha value is -1.19. The summed E-state index contributed by atoms with van der Waals surface area (Å²) in [5, 5.41) is 0. The van der Waals surface area contributed by atoms with Gasteiger partial charge >= 0.3 is 5.97 Å². The predicted octanol–water partition coefficient (Wildman–Crippen LogP) is 3.96. The molecule has 0 radical (unpaired) electrons. The van der Waals surface area contributed by atoms with Crippen LogP contribution in [0.25, 0.3) is 0 Å². The molecule has 0 amide bonds. The van der Waals surface area contributed by atoms with Crippen LogP contribution in [0, 0.1) is 40.4 Å². The molecule has 0 aromatic carbocycles. The zero-order valence-corrected chi connectivity index (χ0v) is 16.4. The molecular formula is C22H32O4. The van der Waals surface area contributed by atoms with E-state index in [0.717, 1.165) is 38.5 Å². The van der Waals surface area contributed by atoms with Crippen LogP contribution in [0.5, 0.6) is 0 Å². The number of esters is 1. The highest BCUT2D eigenvalue weighted by molar-refractivity contribution is 5.87. The maximum absolute atomic E-state index is 12.6. The number of carbonyl (C=O) groups is 3. The van der Waals surface area contributed by atoms with Gasteiger partial charge in [-0.3, -0.25) is 14.4 Å². The Morgan fingerprint density at radius 2 is 1.88 bits per heavy atom. The number of rotatable bonds is 2. The van der Waals surface area contributed by atoms with E-state index in [-0.39, 0.29) is 35.1 Å². The number of carbonyl (C=O) groups excluding carboxylic acids is 3. The van der Waals surface area contributed by atoms with Crippen LogP contribution >= 0.6 is 0 Å². The van der Waals surface area contributed by atoms with Gasteiger partial charge in [0, 0.05) is 25.2 Å². The minimum atomic E-state index is -0.301. The second kappa shape index (κ2) is 6.17. The maximum Gasteiger partial charge on any atom is 0.302 e. The number of ketones is 2. The van der Waals surface area contributed by atoms with Gasteiger partial charge in [0.1, 0.15) is 18.2 Å². The molecule has 2 unspecified atom stereocenters. The predicted molar refractivity (Wildman–Crippen MR) is 97.2 cm³/mol. The third kappa shape index (κ3) is 2.58. The Bertz CT molecular complexity index is 640. The van der Waals surface area contributed by atoms with Gasteiger partial charge in [0.05, 0.1) is 5.92 Å². The summed E-state index contributed by atoms with van der Waals surface area (Å²) in [5.74, 6) is 2.56. The number of hydrogen-bond donors (Lipinski definition) is 0. The van der Waals surface area contributed by atoms with Crippen molar-refractivity contribution in [1.82, 2.24) is 0 Å². The van der Waals surface area contributed by atoms with Crippen LogP contribution in [0.3, 0.4) is 0 Å². The quantitative estimate of drug-likeness (QED) is 0.700. The van der Waals surface area contributed by atoms with E-state index >= 15 is 0 Å². The molecule has 4 saturated carbocycles. The average molecular weight is 360 g/mol. The summed E-state index contributed by atoms with van der Waals surface area (Å²) < 4.78 is 5.21. The van der Waals surface area contributed by atoms with Gasteiger partial charge in [-0.25, -0.2) is 0 Å². The molecule has 0 bridgehead atoms. The smallest absolute Gasteiger partial charge is 0.302 e. The summed E-state index contributed by atoms with van der Waals surface area (Å²) in [6.07, 6.45) is 7.75. The first-order valence-electron chi connectivity index (χ1n) is 10.4. The third-order valence-electron chi connectivity index (χ3n) is 8.85. The summed E-state index contributed by atoms with van der Waals surface area (Å²) >= 11 is 0. The molecule has 144 valence electrons.